The minimum atomic E-state index is -4.93. The highest BCUT2D eigenvalue weighted by Crippen LogP contribution is 2.38. The number of halogens is 6. The third-order valence-electron chi connectivity index (χ3n) is 7.03. The molecule has 5 rings (SSSR count). The van der Waals surface area contributed by atoms with E-state index in [1.807, 2.05) is 0 Å². The van der Waals surface area contributed by atoms with Crippen LogP contribution in [0.1, 0.15) is 21.7 Å². The van der Waals surface area contributed by atoms with Crippen LogP contribution in [0, 0.1) is 10.1 Å². The molecule has 3 aromatic carbocycles. The number of anilines is 2. The number of hydrogen-bond acceptors (Lipinski definition) is 8. The fraction of sp³-hybridized carbons (Fsp3) is 0.241. The van der Waals surface area contributed by atoms with E-state index < -0.39 is 46.2 Å². The van der Waals surface area contributed by atoms with Crippen molar-refractivity contribution in [2.75, 3.05) is 31.5 Å². The van der Waals surface area contributed by atoms with Crippen LogP contribution in [-0.2, 0) is 17.1 Å². The topological polar surface area (TPSA) is 118 Å². The lowest BCUT2D eigenvalue weighted by Crippen LogP contribution is -2.53. The van der Waals surface area contributed by atoms with Crippen LogP contribution in [0.4, 0.5) is 43.4 Å². The maximum atomic E-state index is 13.3. The Labute approximate surface area is 249 Å². The summed E-state index contributed by atoms with van der Waals surface area (Å²) in [5, 5.41) is 13.8. The van der Waals surface area contributed by atoms with E-state index in [-0.39, 0.29) is 54.3 Å². The predicted molar refractivity (Wildman–Crippen MR) is 147 cm³/mol. The molecule has 4 aromatic rings. The number of amides is 1. The lowest BCUT2D eigenvalue weighted by Gasteiger charge is -2.36. The van der Waals surface area contributed by atoms with Crippen molar-refractivity contribution in [1.29, 1.82) is 0 Å². The number of piperazine rings is 1. The summed E-state index contributed by atoms with van der Waals surface area (Å²) >= 11 is 0. The Morgan fingerprint density at radius 1 is 0.911 bits per heavy atom. The van der Waals surface area contributed by atoms with Gasteiger partial charge in [0.15, 0.2) is 12.0 Å². The highest BCUT2D eigenvalue weighted by atomic mass is 19.4. The van der Waals surface area contributed by atoms with Crippen molar-refractivity contribution in [2.24, 2.45) is 0 Å². The molecule has 1 aliphatic heterocycles. The molecule has 0 saturated carbocycles. The van der Waals surface area contributed by atoms with Crippen molar-refractivity contribution < 1.29 is 50.0 Å². The first-order valence-corrected chi connectivity index (χ1v) is 13.2. The Balaban J connectivity index is 1.18. The van der Waals surface area contributed by atoms with Crippen LogP contribution in [-0.4, -0.2) is 59.3 Å². The number of ether oxygens (including phenoxy) is 1. The number of fused-ring (bicyclic) bond motifs is 1. The van der Waals surface area contributed by atoms with Crippen LogP contribution < -0.4 is 10.1 Å². The van der Waals surface area contributed by atoms with Crippen molar-refractivity contribution in [1.82, 2.24) is 9.80 Å². The SMILES string of the molecule is O=CC(Oc1ccc(Nc2ccc([N+](=O)[O-])c(C(F)(F)F)c2)cc1)N1CCN(C(=O)c2cc3cc(C(F)(F)F)ccc3o2)CC1. The minimum absolute atomic E-state index is 0.0338. The quantitative estimate of drug-likeness (QED) is 0.101. The molecular formula is C29H22F6N4O6. The summed E-state index contributed by atoms with van der Waals surface area (Å²) in [4.78, 5) is 37.8. The van der Waals surface area contributed by atoms with E-state index in [1.165, 1.54) is 35.2 Å². The zero-order valence-corrected chi connectivity index (χ0v) is 22.9. The molecule has 1 unspecified atom stereocenters. The standard InChI is InChI=1S/C29H22F6N4O6/c30-28(31,32)18-1-8-24-17(13-18)14-25(45-24)27(41)38-11-9-37(10-12-38)26(16-40)44-21-5-2-19(3-6-21)36-20-4-7-23(39(42)43)22(15-20)29(33,34)35/h1-8,13-16,26,36H,9-12H2. The van der Waals surface area contributed by atoms with Crippen LogP contribution >= 0.6 is 0 Å². The van der Waals surface area contributed by atoms with E-state index >= 15 is 0 Å². The number of rotatable bonds is 8. The first kappa shape index (κ1) is 31.3. The van der Waals surface area contributed by atoms with Gasteiger partial charge in [-0.1, -0.05) is 0 Å². The Bertz CT molecular complexity index is 1730. The molecule has 16 heteroatoms. The van der Waals surface area contributed by atoms with Gasteiger partial charge in [0.05, 0.1) is 10.5 Å². The molecule has 1 atom stereocenters. The third-order valence-corrected chi connectivity index (χ3v) is 7.03. The average Bonchev–Trinajstić information content (AvgIpc) is 3.43. The Morgan fingerprint density at radius 2 is 1.58 bits per heavy atom. The van der Waals surface area contributed by atoms with E-state index in [2.05, 4.69) is 5.32 Å². The van der Waals surface area contributed by atoms with Crippen LogP contribution in [0.25, 0.3) is 11.0 Å². The average molecular weight is 637 g/mol. The maximum Gasteiger partial charge on any atom is 0.423 e. The third kappa shape index (κ3) is 7.01. The van der Waals surface area contributed by atoms with Gasteiger partial charge in [0.2, 0.25) is 6.23 Å². The number of aldehydes is 1. The van der Waals surface area contributed by atoms with E-state index in [9.17, 15) is 46.0 Å². The molecule has 0 spiro atoms. The largest absolute Gasteiger partial charge is 0.468 e. The molecule has 0 aliphatic carbocycles. The number of alkyl halides is 6. The van der Waals surface area contributed by atoms with Crippen LogP contribution in [0.5, 0.6) is 5.75 Å². The highest BCUT2D eigenvalue weighted by molar-refractivity contribution is 5.96. The molecule has 1 N–H and O–H groups in total. The number of nitro benzene ring substituents is 1. The summed E-state index contributed by atoms with van der Waals surface area (Å²) in [5.74, 6) is -0.365. The van der Waals surface area contributed by atoms with Gasteiger partial charge >= 0.3 is 12.4 Å². The zero-order valence-electron chi connectivity index (χ0n) is 22.9. The minimum Gasteiger partial charge on any atom is -0.468 e. The van der Waals surface area contributed by atoms with Crippen molar-refractivity contribution in [2.45, 2.75) is 18.6 Å². The second-order valence-corrected chi connectivity index (χ2v) is 9.97. The van der Waals surface area contributed by atoms with Gasteiger partial charge < -0.3 is 19.4 Å². The van der Waals surface area contributed by atoms with Crippen molar-refractivity contribution in [3.8, 4) is 5.75 Å². The zero-order chi connectivity index (χ0) is 32.5. The molecule has 1 fully saturated rings. The van der Waals surface area contributed by atoms with Crippen LogP contribution in [0.15, 0.2) is 71.1 Å². The second kappa shape index (κ2) is 12.1. The molecule has 0 bridgehead atoms. The summed E-state index contributed by atoms with van der Waals surface area (Å²) in [6, 6.07) is 12.6. The molecule has 1 aromatic heterocycles. The van der Waals surface area contributed by atoms with Crippen molar-refractivity contribution >= 4 is 40.2 Å². The molecule has 45 heavy (non-hydrogen) atoms. The Hall–Kier alpha value is -5.12. The summed E-state index contributed by atoms with van der Waals surface area (Å²) in [6.07, 6.45) is -9.94. The number of nitrogens with zero attached hydrogens (tertiary/aromatic N) is 3. The van der Waals surface area contributed by atoms with E-state index in [1.54, 1.807) is 4.90 Å². The van der Waals surface area contributed by atoms with Crippen molar-refractivity contribution in [3.63, 3.8) is 0 Å². The summed E-state index contributed by atoms with van der Waals surface area (Å²) in [5.41, 5.74) is -2.88. The van der Waals surface area contributed by atoms with E-state index in [4.69, 9.17) is 9.15 Å². The van der Waals surface area contributed by atoms with Gasteiger partial charge in [0, 0.05) is 49.0 Å². The van der Waals surface area contributed by atoms with Gasteiger partial charge in [-0.05, 0) is 60.7 Å². The molecule has 0 radical (unpaired) electrons. The molecule has 2 heterocycles. The van der Waals surface area contributed by atoms with E-state index in [0.29, 0.717) is 18.0 Å². The van der Waals surface area contributed by atoms with Gasteiger partial charge in [-0.2, -0.15) is 26.3 Å². The fourth-order valence-corrected chi connectivity index (χ4v) is 4.77. The number of hydrogen-bond donors (Lipinski definition) is 1. The molecule has 1 aliphatic rings. The number of nitro groups is 1. The predicted octanol–water partition coefficient (Wildman–Crippen LogP) is 6.48. The Kier molecular flexibility index (Phi) is 8.42. The lowest BCUT2D eigenvalue weighted by atomic mass is 10.1. The highest BCUT2D eigenvalue weighted by Gasteiger charge is 2.38. The summed E-state index contributed by atoms with van der Waals surface area (Å²) in [6.45, 7) is 0.814. The van der Waals surface area contributed by atoms with Gasteiger partial charge in [0.25, 0.3) is 11.6 Å². The number of carbonyl (C=O) groups is 2. The summed E-state index contributed by atoms with van der Waals surface area (Å²) in [7, 11) is 0. The number of benzene rings is 3. The number of carbonyl (C=O) groups excluding carboxylic acids is 2. The van der Waals surface area contributed by atoms with Crippen LogP contribution in [0.2, 0.25) is 0 Å². The summed E-state index contributed by atoms with van der Waals surface area (Å²) < 4.78 is 90.1. The molecule has 1 saturated heterocycles. The fourth-order valence-electron chi connectivity index (χ4n) is 4.77. The second-order valence-electron chi connectivity index (χ2n) is 9.97. The monoisotopic (exact) mass is 636 g/mol. The van der Waals surface area contributed by atoms with Crippen LogP contribution in [0.3, 0.4) is 0 Å². The van der Waals surface area contributed by atoms with Gasteiger partial charge in [0.1, 0.15) is 16.9 Å². The smallest absolute Gasteiger partial charge is 0.423 e. The van der Waals surface area contributed by atoms with Gasteiger partial charge in [-0.15, -0.1) is 0 Å². The lowest BCUT2D eigenvalue weighted by molar-refractivity contribution is -0.388. The molecule has 1 amide bonds. The number of nitrogens with one attached hydrogen (secondary N) is 1. The molecular weight excluding hydrogens is 614 g/mol. The molecule has 236 valence electrons. The first-order chi connectivity index (χ1) is 21.2. The van der Waals surface area contributed by atoms with Gasteiger partial charge in [-0.25, -0.2) is 0 Å². The van der Waals surface area contributed by atoms with Crippen molar-refractivity contribution in [3.05, 3.63) is 93.7 Å². The normalized spacial score (nSPS) is 15.1. The maximum absolute atomic E-state index is 13.3. The van der Waals surface area contributed by atoms with Gasteiger partial charge in [-0.3, -0.25) is 24.6 Å². The van der Waals surface area contributed by atoms with E-state index in [0.717, 1.165) is 30.3 Å². The molecule has 10 nitrogen and oxygen atoms in total. The Morgan fingerprint density at radius 3 is 2.18 bits per heavy atom. The first-order valence-electron chi connectivity index (χ1n) is 13.2. The number of furan rings is 1.